The molecule has 0 aliphatic carbocycles. The van der Waals surface area contributed by atoms with E-state index < -0.39 is 0 Å². The van der Waals surface area contributed by atoms with Crippen molar-refractivity contribution in [3.05, 3.63) is 0 Å². The molecule has 0 spiro atoms. The molecule has 2 nitrogen and oxygen atoms in total. The number of carbonyl (C=O) groups is 2. The number of hydrogen-bond acceptors (Lipinski definition) is 2. The van der Waals surface area contributed by atoms with Gasteiger partial charge in [-0.1, -0.05) is 13.8 Å². The van der Waals surface area contributed by atoms with Crippen LogP contribution in [-0.2, 0) is 9.59 Å². The molecule has 0 aliphatic heterocycles. The summed E-state index contributed by atoms with van der Waals surface area (Å²) in [5.41, 5.74) is 0. The van der Waals surface area contributed by atoms with Gasteiger partial charge in [-0.3, -0.25) is 9.59 Å². The Labute approximate surface area is 37.2 Å². The summed E-state index contributed by atoms with van der Waals surface area (Å²) in [5.74, 6) is 0. The van der Waals surface area contributed by atoms with Crippen LogP contribution in [0.15, 0.2) is 0 Å². The zero-order valence-corrected chi connectivity index (χ0v) is 3.97. The van der Waals surface area contributed by atoms with Crippen LogP contribution in [-0.4, -0.2) is 12.6 Å². The first-order valence-electron chi connectivity index (χ1n) is 1.80. The van der Waals surface area contributed by atoms with E-state index in [-0.39, 0.29) is 12.6 Å². The monoisotopic (exact) mass is 88.1 g/mol. The zero-order valence-electron chi connectivity index (χ0n) is 3.97. The van der Waals surface area contributed by atoms with Gasteiger partial charge in [-0.25, -0.2) is 0 Å². The van der Waals surface area contributed by atoms with E-state index in [1.807, 2.05) is 13.8 Å². The lowest BCUT2D eigenvalue weighted by Gasteiger charge is -1.31. The van der Waals surface area contributed by atoms with E-state index in [1.54, 1.807) is 0 Å². The second-order valence-corrected chi connectivity index (χ2v) is 0.272. The van der Waals surface area contributed by atoms with Gasteiger partial charge >= 0.3 is 0 Å². The number of aldehydes is 2. The van der Waals surface area contributed by atoms with Crippen molar-refractivity contribution in [2.24, 2.45) is 0 Å². The second kappa shape index (κ2) is 27.0. The molecule has 0 bridgehead atoms. The number of rotatable bonds is 1. The summed E-state index contributed by atoms with van der Waals surface area (Å²) in [6.45, 7) is 4.00. The Kier molecular flexibility index (Phi) is 40.5. The van der Waals surface area contributed by atoms with Crippen LogP contribution in [0.25, 0.3) is 0 Å². The smallest absolute Gasteiger partial charge is 0.182 e. The molecule has 0 amide bonds. The van der Waals surface area contributed by atoms with Crippen molar-refractivity contribution in [2.45, 2.75) is 13.8 Å². The Morgan fingerprint density at radius 3 is 1.17 bits per heavy atom. The SMILES string of the molecule is CC.O=CC=O. The molecule has 0 aliphatic rings. The van der Waals surface area contributed by atoms with Crippen molar-refractivity contribution in [1.29, 1.82) is 0 Å². The Bertz CT molecular complexity index is 26.5. The van der Waals surface area contributed by atoms with Crippen LogP contribution in [0.4, 0.5) is 0 Å². The third-order valence-electron chi connectivity index (χ3n) is 0.0556. The van der Waals surface area contributed by atoms with Crippen molar-refractivity contribution in [1.82, 2.24) is 0 Å². The molecule has 0 aromatic rings. The Morgan fingerprint density at radius 1 is 1.00 bits per heavy atom. The lowest BCUT2D eigenvalue weighted by Crippen LogP contribution is -1.62. The van der Waals surface area contributed by atoms with E-state index in [1.165, 1.54) is 0 Å². The fourth-order valence-corrected chi connectivity index (χ4v) is 0. The van der Waals surface area contributed by atoms with Gasteiger partial charge in [0.25, 0.3) is 0 Å². The zero-order chi connectivity index (χ0) is 5.41. The summed E-state index contributed by atoms with van der Waals surface area (Å²) < 4.78 is 0. The average molecular weight is 88.1 g/mol. The normalized spacial score (nSPS) is 4.33. The third-order valence-corrected chi connectivity index (χ3v) is 0.0556. The summed E-state index contributed by atoms with van der Waals surface area (Å²) in [5, 5.41) is 0. The van der Waals surface area contributed by atoms with Gasteiger partial charge in [0, 0.05) is 0 Å². The van der Waals surface area contributed by atoms with E-state index in [2.05, 4.69) is 0 Å². The molecule has 0 aromatic carbocycles. The van der Waals surface area contributed by atoms with E-state index in [9.17, 15) is 0 Å². The first-order valence-corrected chi connectivity index (χ1v) is 1.80. The van der Waals surface area contributed by atoms with E-state index in [0.717, 1.165) is 0 Å². The standard InChI is InChI=1S/C2H2O2.C2H6/c3-1-2-4;1-2/h1-2H;1-2H3. The Balaban J connectivity index is 0. The highest BCUT2D eigenvalue weighted by Crippen LogP contribution is 1.14. The number of hydrogen-bond donors (Lipinski definition) is 0. The van der Waals surface area contributed by atoms with Crippen molar-refractivity contribution < 1.29 is 9.59 Å². The van der Waals surface area contributed by atoms with Gasteiger partial charge in [0.05, 0.1) is 0 Å². The highest BCUT2D eigenvalue weighted by atomic mass is 16.2. The molecule has 0 fully saturated rings. The lowest BCUT2D eigenvalue weighted by molar-refractivity contribution is -0.122. The quantitative estimate of drug-likeness (QED) is 0.343. The topological polar surface area (TPSA) is 34.1 Å². The molecule has 2 heteroatoms. The van der Waals surface area contributed by atoms with Crippen molar-refractivity contribution in [2.75, 3.05) is 0 Å². The van der Waals surface area contributed by atoms with Crippen LogP contribution >= 0.6 is 0 Å². The molecule has 0 heterocycles. The molecule has 0 atom stereocenters. The van der Waals surface area contributed by atoms with Gasteiger partial charge < -0.3 is 0 Å². The molecule has 0 saturated carbocycles. The Morgan fingerprint density at radius 2 is 1.17 bits per heavy atom. The predicted octanol–water partition coefficient (Wildman–Crippen LogP) is 0.410. The molecule has 0 rings (SSSR count). The summed E-state index contributed by atoms with van der Waals surface area (Å²) in [7, 11) is 0. The van der Waals surface area contributed by atoms with E-state index >= 15 is 0 Å². The lowest BCUT2D eigenvalue weighted by atomic mass is 10.9. The van der Waals surface area contributed by atoms with Crippen LogP contribution < -0.4 is 0 Å². The van der Waals surface area contributed by atoms with Gasteiger partial charge in [0.15, 0.2) is 12.6 Å². The van der Waals surface area contributed by atoms with Crippen molar-refractivity contribution >= 4 is 12.6 Å². The minimum atomic E-state index is 0.194. The molecule has 0 aromatic heterocycles. The molecule has 0 N–H and O–H groups in total. The molecular formula is C4H8O2. The molecule has 0 radical (unpaired) electrons. The van der Waals surface area contributed by atoms with Crippen molar-refractivity contribution in [3.63, 3.8) is 0 Å². The van der Waals surface area contributed by atoms with E-state index in [0.29, 0.717) is 0 Å². The minimum Gasteiger partial charge on any atom is -0.295 e. The summed E-state index contributed by atoms with van der Waals surface area (Å²) >= 11 is 0. The van der Waals surface area contributed by atoms with Gasteiger partial charge in [-0.15, -0.1) is 0 Å². The molecule has 0 saturated heterocycles. The summed E-state index contributed by atoms with van der Waals surface area (Å²) in [6.07, 6.45) is 0.389. The Hall–Kier alpha value is -0.660. The van der Waals surface area contributed by atoms with Crippen LogP contribution in [0.1, 0.15) is 13.8 Å². The van der Waals surface area contributed by atoms with E-state index in [4.69, 9.17) is 9.59 Å². The number of carbonyl (C=O) groups excluding carboxylic acids is 2. The van der Waals surface area contributed by atoms with Gasteiger partial charge in [-0.2, -0.15) is 0 Å². The van der Waals surface area contributed by atoms with Crippen LogP contribution in [0.3, 0.4) is 0 Å². The highest BCUT2D eigenvalue weighted by Gasteiger charge is 1.47. The van der Waals surface area contributed by atoms with Crippen LogP contribution in [0.2, 0.25) is 0 Å². The maximum absolute atomic E-state index is 8.81. The van der Waals surface area contributed by atoms with Crippen molar-refractivity contribution in [3.8, 4) is 0 Å². The second-order valence-electron chi connectivity index (χ2n) is 0.272. The summed E-state index contributed by atoms with van der Waals surface area (Å²) in [6, 6.07) is 0. The largest absolute Gasteiger partial charge is 0.295 e. The van der Waals surface area contributed by atoms with Gasteiger partial charge in [-0.05, 0) is 0 Å². The molecule has 0 unspecified atom stereocenters. The fourth-order valence-electron chi connectivity index (χ4n) is 0. The van der Waals surface area contributed by atoms with Crippen LogP contribution in [0.5, 0.6) is 0 Å². The summed E-state index contributed by atoms with van der Waals surface area (Å²) in [4.78, 5) is 17.6. The minimum absolute atomic E-state index is 0.194. The highest BCUT2D eigenvalue weighted by molar-refractivity contribution is 6.09. The molecule has 36 valence electrons. The predicted molar refractivity (Wildman–Crippen MR) is 23.5 cm³/mol. The fraction of sp³-hybridized carbons (Fsp3) is 0.500. The average Bonchev–Trinajstić information content (AvgIpc) is 1.72. The van der Waals surface area contributed by atoms with Gasteiger partial charge in [0.2, 0.25) is 0 Å². The third kappa shape index (κ3) is 158. The molecule has 6 heavy (non-hydrogen) atoms. The molecular weight excluding hydrogens is 80.0 g/mol. The van der Waals surface area contributed by atoms with Crippen LogP contribution in [0, 0.1) is 0 Å². The first kappa shape index (κ1) is 9.02. The van der Waals surface area contributed by atoms with Gasteiger partial charge in [0.1, 0.15) is 0 Å². The first-order chi connectivity index (χ1) is 2.91. The maximum Gasteiger partial charge on any atom is 0.182 e. The maximum atomic E-state index is 8.81.